The van der Waals surface area contributed by atoms with Crippen molar-refractivity contribution in [2.75, 3.05) is 13.2 Å². The fourth-order valence-corrected chi connectivity index (χ4v) is 3.19. The van der Waals surface area contributed by atoms with Gasteiger partial charge in [-0.05, 0) is 42.0 Å². The van der Waals surface area contributed by atoms with Crippen LogP contribution in [0.25, 0.3) is 0 Å². The van der Waals surface area contributed by atoms with Crippen molar-refractivity contribution in [1.29, 1.82) is 0 Å². The summed E-state index contributed by atoms with van der Waals surface area (Å²) in [6.45, 7) is -1.43. The topological polar surface area (TPSA) is 84.5 Å². The van der Waals surface area contributed by atoms with Gasteiger partial charge in [0.15, 0.2) is 6.61 Å². The quantitative estimate of drug-likeness (QED) is 0.595. The minimum Gasteiger partial charge on any atom is -0.484 e. The van der Waals surface area contributed by atoms with E-state index in [0.717, 1.165) is 24.3 Å². The van der Waals surface area contributed by atoms with E-state index in [1.165, 1.54) is 24.3 Å². The molecule has 0 unspecified atom stereocenters. The van der Waals surface area contributed by atoms with Gasteiger partial charge in [-0.1, -0.05) is 12.1 Å². The molecule has 0 saturated heterocycles. The Kier molecular flexibility index (Phi) is 7.57. The number of hydrogen-bond donors (Lipinski definition) is 2. The van der Waals surface area contributed by atoms with E-state index in [0.29, 0.717) is 5.56 Å². The standard InChI is InChI=1S/C18H18F4N2O4S/c19-14-3-7-16(8-4-14)29(26,27)24-10-9-17(25)23-11-13-1-5-15(6-2-13)28-12-18(20,21)22/h1-8,24H,9-12H2,(H,23,25). The van der Waals surface area contributed by atoms with Crippen LogP contribution in [0.4, 0.5) is 17.6 Å². The van der Waals surface area contributed by atoms with Gasteiger partial charge >= 0.3 is 6.18 Å². The van der Waals surface area contributed by atoms with Gasteiger partial charge in [-0.2, -0.15) is 13.2 Å². The highest BCUT2D eigenvalue weighted by Crippen LogP contribution is 2.18. The van der Waals surface area contributed by atoms with Gasteiger partial charge in [-0.15, -0.1) is 0 Å². The molecule has 0 radical (unpaired) electrons. The molecule has 2 aromatic rings. The lowest BCUT2D eigenvalue weighted by molar-refractivity contribution is -0.153. The lowest BCUT2D eigenvalue weighted by atomic mass is 10.2. The molecule has 0 aliphatic rings. The summed E-state index contributed by atoms with van der Waals surface area (Å²) >= 11 is 0. The van der Waals surface area contributed by atoms with E-state index in [2.05, 4.69) is 14.8 Å². The maximum absolute atomic E-state index is 12.8. The second kappa shape index (κ2) is 9.70. The zero-order valence-electron chi connectivity index (χ0n) is 15.0. The molecule has 2 N–H and O–H groups in total. The molecule has 0 spiro atoms. The normalized spacial score (nSPS) is 11.9. The predicted octanol–water partition coefficient (Wildman–Crippen LogP) is 2.75. The minimum absolute atomic E-state index is 0.0487. The summed E-state index contributed by atoms with van der Waals surface area (Å²) in [5, 5.41) is 2.56. The van der Waals surface area contributed by atoms with Gasteiger partial charge in [-0.25, -0.2) is 17.5 Å². The van der Waals surface area contributed by atoms with Crippen LogP contribution >= 0.6 is 0 Å². The maximum atomic E-state index is 12.8. The Hall–Kier alpha value is -2.66. The lowest BCUT2D eigenvalue weighted by Gasteiger charge is -2.10. The Morgan fingerprint density at radius 3 is 2.21 bits per heavy atom. The van der Waals surface area contributed by atoms with Crippen LogP contribution in [-0.2, 0) is 21.4 Å². The Morgan fingerprint density at radius 1 is 1.00 bits per heavy atom. The average molecular weight is 434 g/mol. The number of ether oxygens (including phenoxy) is 1. The number of benzene rings is 2. The number of halogens is 4. The maximum Gasteiger partial charge on any atom is 0.422 e. The van der Waals surface area contributed by atoms with Crippen LogP contribution in [0.3, 0.4) is 0 Å². The van der Waals surface area contributed by atoms with Crippen molar-refractivity contribution < 1.29 is 35.5 Å². The number of rotatable bonds is 9. The van der Waals surface area contributed by atoms with Gasteiger partial charge in [0.2, 0.25) is 15.9 Å². The molecule has 11 heteroatoms. The highest BCUT2D eigenvalue weighted by molar-refractivity contribution is 7.89. The number of hydrogen-bond acceptors (Lipinski definition) is 4. The summed E-state index contributed by atoms with van der Waals surface area (Å²) in [6, 6.07) is 9.96. The fourth-order valence-electron chi connectivity index (χ4n) is 2.15. The van der Waals surface area contributed by atoms with Crippen LogP contribution in [0.15, 0.2) is 53.4 Å². The molecule has 0 atom stereocenters. The van der Waals surface area contributed by atoms with E-state index < -0.39 is 34.5 Å². The van der Waals surface area contributed by atoms with E-state index in [9.17, 15) is 30.8 Å². The third-order valence-electron chi connectivity index (χ3n) is 3.58. The van der Waals surface area contributed by atoms with Crippen LogP contribution in [0.1, 0.15) is 12.0 Å². The number of amides is 1. The zero-order chi connectivity index (χ0) is 21.5. The molecule has 0 fully saturated rings. The lowest BCUT2D eigenvalue weighted by Crippen LogP contribution is -2.30. The number of carbonyl (C=O) groups excluding carboxylic acids is 1. The van der Waals surface area contributed by atoms with Crippen LogP contribution in [0.5, 0.6) is 5.75 Å². The SMILES string of the molecule is O=C(CCNS(=O)(=O)c1ccc(F)cc1)NCc1ccc(OCC(F)(F)F)cc1. The van der Waals surface area contributed by atoms with Gasteiger partial charge in [-0.3, -0.25) is 4.79 Å². The first-order valence-corrected chi connectivity index (χ1v) is 9.84. The van der Waals surface area contributed by atoms with Gasteiger partial charge in [0, 0.05) is 19.5 Å². The number of alkyl halides is 3. The van der Waals surface area contributed by atoms with Gasteiger partial charge in [0.05, 0.1) is 4.90 Å². The van der Waals surface area contributed by atoms with Crippen molar-refractivity contribution in [1.82, 2.24) is 10.0 Å². The molecule has 6 nitrogen and oxygen atoms in total. The smallest absolute Gasteiger partial charge is 0.422 e. The summed E-state index contributed by atoms with van der Waals surface area (Å²) in [5.74, 6) is -0.944. The van der Waals surface area contributed by atoms with Crippen LogP contribution in [0, 0.1) is 5.82 Å². The van der Waals surface area contributed by atoms with E-state index in [4.69, 9.17) is 0 Å². The molecule has 0 saturated carbocycles. The first kappa shape index (κ1) is 22.6. The Morgan fingerprint density at radius 2 is 1.62 bits per heavy atom. The second-order valence-electron chi connectivity index (χ2n) is 5.93. The summed E-state index contributed by atoms with van der Waals surface area (Å²) in [7, 11) is -3.85. The van der Waals surface area contributed by atoms with E-state index in [1.807, 2.05) is 0 Å². The van der Waals surface area contributed by atoms with E-state index in [1.54, 1.807) is 0 Å². The third kappa shape index (κ3) is 8.08. The summed E-state index contributed by atoms with van der Waals surface area (Å²) < 4.78 is 79.9. The second-order valence-corrected chi connectivity index (χ2v) is 7.69. The van der Waals surface area contributed by atoms with Crippen molar-refractivity contribution >= 4 is 15.9 Å². The third-order valence-corrected chi connectivity index (χ3v) is 5.06. The van der Waals surface area contributed by atoms with Crippen molar-refractivity contribution in [2.45, 2.75) is 24.0 Å². The Balaban J connectivity index is 1.73. The van der Waals surface area contributed by atoms with Crippen LogP contribution in [-0.4, -0.2) is 33.7 Å². The van der Waals surface area contributed by atoms with E-state index >= 15 is 0 Å². The summed E-state index contributed by atoms with van der Waals surface area (Å²) in [4.78, 5) is 11.7. The Labute approximate surface area is 164 Å². The summed E-state index contributed by atoms with van der Waals surface area (Å²) in [5.41, 5.74) is 0.629. The highest BCUT2D eigenvalue weighted by atomic mass is 32.2. The zero-order valence-corrected chi connectivity index (χ0v) is 15.8. The molecule has 29 heavy (non-hydrogen) atoms. The molecule has 0 bridgehead atoms. The number of sulfonamides is 1. The molecule has 2 aromatic carbocycles. The van der Waals surface area contributed by atoms with Gasteiger partial charge in [0.1, 0.15) is 11.6 Å². The minimum atomic E-state index is -4.43. The Bertz CT molecular complexity index is 914. The highest BCUT2D eigenvalue weighted by Gasteiger charge is 2.28. The number of nitrogens with one attached hydrogen (secondary N) is 2. The van der Waals surface area contributed by atoms with Gasteiger partial charge < -0.3 is 10.1 Å². The molecule has 1 amide bonds. The molecular weight excluding hydrogens is 416 g/mol. The number of carbonyl (C=O) groups is 1. The van der Waals surface area contributed by atoms with Crippen LogP contribution in [0.2, 0.25) is 0 Å². The largest absolute Gasteiger partial charge is 0.484 e. The van der Waals surface area contributed by atoms with Crippen molar-refractivity contribution in [2.24, 2.45) is 0 Å². The van der Waals surface area contributed by atoms with Crippen LogP contribution < -0.4 is 14.8 Å². The summed E-state index contributed by atoms with van der Waals surface area (Å²) in [6.07, 6.45) is -4.56. The first-order chi connectivity index (χ1) is 13.5. The molecular formula is C18H18F4N2O4S. The monoisotopic (exact) mass is 434 g/mol. The van der Waals surface area contributed by atoms with Crippen molar-refractivity contribution in [3.63, 3.8) is 0 Å². The van der Waals surface area contributed by atoms with E-state index in [-0.39, 0.29) is 30.2 Å². The molecule has 0 aromatic heterocycles. The molecule has 0 aliphatic carbocycles. The molecule has 2 rings (SSSR count). The molecule has 0 aliphatic heterocycles. The van der Waals surface area contributed by atoms with Crippen molar-refractivity contribution in [3.05, 3.63) is 59.9 Å². The van der Waals surface area contributed by atoms with Crippen molar-refractivity contribution in [3.8, 4) is 5.75 Å². The predicted molar refractivity (Wildman–Crippen MR) is 96.0 cm³/mol. The first-order valence-electron chi connectivity index (χ1n) is 8.35. The molecule has 158 valence electrons. The average Bonchev–Trinajstić information content (AvgIpc) is 2.65. The molecule has 0 heterocycles. The van der Waals surface area contributed by atoms with Gasteiger partial charge in [0.25, 0.3) is 0 Å². The fraction of sp³-hybridized carbons (Fsp3) is 0.278.